The number of anilines is 1. The fourth-order valence-corrected chi connectivity index (χ4v) is 6.26. The van der Waals surface area contributed by atoms with E-state index in [2.05, 4.69) is 20.0 Å². The number of nitrogens with one attached hydrogen (secondary N) is 2. The highest BCUT2D eigenvalue weighted by Crippen LogP contribution is 2.42. The number of benzene rings is 1. The highest BCUT2D eigenvalue weighted by atomic mass is 32.2. The molecule has 0 saturated heterocycles. The maximum atomic E-state index is 14.2. The summed E-state index contributed by atoms with van der Waals surface area (Å²) in [5.41, 5.74) is 7.00. The van der Waals surface area contributed by atoms with Gasteiger partial charge in [0, 0.05) is 41.2 Å². The minimum atomic E-state index is -3.99. The van der Waals surface area contributed by atoms with Crippen LogP contribution in [0.2, 0.25) is 0 Å². The number of nitrogens with zero attached hydrogens (tertiary/aromatic N) is 2. The molecule has 0 spiro atoms. The maximum Gasteiger partial charge on any atom is 0.267 e. The number of rotatable bonds is 8. The van der Waals surface area contributed by atoms with E-state index in [4.69, 9.17) is 5.73 Å². The zero-order chi connectivity index (χ0) is 25.0. The van der Waals surface area contributed by atoms with Crippen LogP contribution in [0.3, 0.4) is 0 Å². The molecule has 8 nitrogen and oxygen atoms in total. The molecule has 0 aliphatic heterocycles. The molecule has 0 bridgehead atoms. The van der Waals surface area contributed by atoms with Gasteiger partial charge in [-0.25, -0.2) is 22.5 Å². The number of hydrogen-bond acceptors (Lipinski definition) is 6. The van der Waals surface area contributed by atoms with Crippen LogP contribution < -0.4 is 15.8 Å². The van der Waals surface area contributed by atoms with Gasteiger partial charge in [0.25, 0.3) is 5.91 Å². The zero-order valence-electron chi connectivity index (χ0n) is 19.6. The van der Waals surface area contributed by atoms with E-state index in [9.17, 15) is 17.6 Å². The van der Waals surface area contributed by atoms with Crippen molar-refractivity contribution in [2.24, 2.45) is 5.73 Å². The van der Waals surface area contributed by atoms with E-state index in [0.29, 0.717) is 29.8 Å². The number of pyridine rings is 2. The topological polar surface area (TPSA) is 127 Å². The predicted molar refractivity (Wildman–Crippen MR) is 132 cm³/mol. The van der Waals surface area contributed by atoms with Crippen LogP contribution in [0.25, 0.3) is 10.8 Å². The first-order valence-corrected chi connectivity index (χ1v) is 13.1. The average Bonchev–Trinajstić information content (AvgIpc) is 3.56. The summed E-state index contributed by atoms with van der Waals surface area (Å²) in [5.74, 6) is -0.235. The van der Waals surface area contributed by atoms with Crippen molar-refractivity contribution in [1.29, 1.82) is 0 Å². The number of hydrogen-bond donors (Lipinski definition) is 3. The van der Waals surface area contributed by atoms with E-state index in [1.165, 1.54) is 20.0 Å². The zero-order valence-corrected chi connectivity index (χ0v) is 20.5. The number of primary amides is 1. The summed E-state index contributed by atoms with van der Waals surface area (Å²) in [6.45, 7) is 2.37. The second-order valence-electron chi connectivity index (χ2n) is 10.0. The summed E-state index contributed by atoms with van der Waals surface area (Å²) in [4.78, 5) is 20.1. The molecule has 1 amide bonds. The number of sulfonamides is 1. The van der Waals surface area contributed by atoms with Gasteiger partial charge in [-0.1, -0.05) is 0 Å². The van der Waals surface area contributed by atoms with Crippen LogP contribution in [0, 0.1) is 0 Å². The van der Waals surface area contributed by atoms with Crippen LogP contribution in [0.1, 0.15) is 59.9 Å². The molecular formula is C25H28FN5O3S. The van der Waals surface area contributed by atoms with Crippen molar-refractivity contribution in [2.45, 2.75) is 62.1 Å². The molecule has 1 atom stereocenters. The van der Waals surface area contributed by atoms with E-state index in [1.807, 2.05) is 12.1 Å². The van der Waals surface area contributed by atoms with Crippen molar-refractivity contribution in [3.05, 3.63) is 59.2 Å². The Balaban J connectivity index is 1.52. The van der Waals surface area contributed by atoms with Crippen LogP contribution in [0.5, 0.6) is 0 Å². The van der Waals surface area contributed by atoms with Crippen molar-refractivity contribution >= 4 is 32.4 Å². The Morgan fingerprint density at radius 1 is 1.17 bits per heavy atom. The lowest BCUT2D eigenvalue weighted by atomic mass is 10.0. The molecule has 1 saturated carbocycles. The van der Waals surface area contributed by atoms with Gasteiger partial charge in [0.15, 0.2) is 0 Å². The number of amides is 1. The first-order valence-electron chi connectivity index (χ1n) is 11.7. The lowest BCUT2D eigenvalue weighted by molar-refractivity contribution is 0.0995. The molecule has 4 N–H and O–H groups in total. The van der Waals surface area contributed by atoms with E-state index < -0.39 is 21.6 Å². The summed E-state index contributed by atoms with van der Waals surface area (Å²) in [5, 5.41) is 4.75. The Morgan fingerprint density at radius 2 is 1.94 bits per heavy atom. The highest BCUT2D eigenvalue weighted by Gasteiger charge is 2.33. The van der Waals surface area contributed by atoms with Crippen LogP contribution >= 0.6 is 0 Å². The maximum absolute atomic E-state index is 14.2. The molecular weight excluding hydrogens is 469 g/mol. The molecule has 184 valence electrons. The van der Waals surface area contributed by atoms with Gasteiger partial charge >= 0.3 is 0 Å². The second kappa shape index (κ2) is 8.53. The summed E-state index contributed by atoms with van der Waals surface area (Å²) in [7, 11) is -3.99. The molecule has 35 heavy (non-hydrogen) atoms. The van der Waals surface area contributed by atoms with Crippen molar-refractivity contribution < 1.29 is 17.6 Å². The Bertz CT molecular complexity index is 1410. The van der Waals surface area contributed by atoms with Gasteiger partial charge in [0.2, 0.25) is 10.0 Å². The molecule has 1 fully saturated rings. The van der Waals surface area contributed by atoms with Gasteiger partial charge < -0.3 is 11.1 Å². The fraction of sp³-hybridized carbons (Fsp3) is 0.400. The number of nitrogens with two attached hydrogens (primary N) is 1. The van der Waals surface area contributed by atoms with E-state index in [1.54, 1.807) is 18.3 Å². The van der Waals surface area contributed by atoms with Gasteiger partial charge in [-0.05, 0) is 74.9 Å². The van der Waals surface area contributed by atoms with E-state index in [-0.39, 0.29) is 23.2 Å². The third kappa shape index (κ3) is 4.99. The van der Waals surface area contributed by atoms with Crippen molar-refractivity contribution in [3.63, 3.8) is 0 Å². The third-order valence-electron chi connectivity index (χ3n) is 6.44. The van der Waals surface area contributed by atoms with E-state index in [0.717, 1.165) is 35.0 Å². The largest absolute Gasteiger partial charge is 0.380 e. The predicted octanol–water partition coefficient (Wildman–Crippen LogP) is 3.21. The number of alkyl halides is 1. The quantitative estimate of drug-likeness (QED) is 0.439. The molecule has 10 heteroatoms. The monoisotopic (exact) mass is 497 g/mol. The SMILES string of the molecule is CC(C)(F)CNS(=O)(=O)c1c2c(cc3cnc(C4CC4)cc13)C[C@@H](Nc1ccc(C(N)=O)nc1)C2. The second-order valence-corrected chi connectivity index (χ2v) is 11.7. The molecule has 1 aromatic carbocycles. The summed E-state index contributed by atoms with van der Waals surface area (Å²) in [6.07, 6.45) is 6.45. The smallest absolute Gasteiger partial charge is 0.267 e. The van der Waals surface area contributed by atoms with Gasteiger partial charge in [-0.3, -0.25) is 9.78 Å². The van der Waals surface area contributed by atoms with Crippen LogP contribution in [-0.2, 0) is 22.9 Å². The van der Waals surface area contributed by atoms with Crippen molar-refractivity contribution in [2.75, 3.05) is 11.9 Å². The van der Waals surface area contributed by atoms with Crippen molar-refractivity contribution in [3.8, 4) is 0 Å². The molecule has 2 aromatic heterocycles. The Hall–Kier alpha value is -3.11. The normalized spacial score (nSPS) is 18.0. The Morgan fingerprint density at radius 3 is 2.57 bits per heavy atom. The molecule has 2 aliphatic carbocycles. The Kier molecular flexibility index (Phi) is 5.76. The third-order valence-corrected chi connectivity index (χ3v) is 7.97. The standard InChI is InChI=1S/C25H28FN5O3S/c1-25(2,26)13-30-35(33,34)23-19-9-18(31-17-5-6-21(24(27)32)29-12-17)8-15(19)7-16-11-28-22(10-20(16)23)14-3-4-14/h5-7,10-12,14,18,30-31H,3-4,8-9,13H2,1-2H3,(H2,27,32)/t18-/m1/s1. The van der Waals surface area contributed by atoms with Crippen LogP contribution in [0.15, 0.2) is 41.6 Å². The molecule has 3 aromatic rings. The summed E-state index contributed by atoms with van der Waals surface area (Å²) in [6, 6.07) is 7.08. The van der Waals surface area contributed by atoms with Crippen LogP contribution in [-0.4, -0.2) is 42.5 Å². The number of halogens is 1. The number of carbonyl (C=O) groups is 1. The average molecular weight is 498 g/mol. The number of fused-ring (bicyclic) bond motifs is 2. The fourth-order valence-electron chi connectivity index (χ4n) is 4.58. The molecule has 5 rings (SSSR count). The van der Waals surface area contributed by atoms with Gasteiger partial charge in [0.1, 0.15) is 11.4 Å². The van der Waals surface area contributed by atoms with Crippen molar-refractivity contribution in [1.82, 2.24) is 14.7 Å². The lowest BCUT2D eigenvalue weighted by Crippen LogP contribution is -2.36. The van der Waals surface area contributed by atoms with Gasteiger partial charge in [0.05, 0.1) is 16.8 Å². The molecule has 2 aliphatic rings. The molecule has 0 unspecified atom stereocenters. The first-order chi connectivity index (χ1) is 16.5. The lowest BCUT2D eigenvalue weighted by Gasteiger charge is -2.18. The first kappa shape index (κ1) is 23.6. The van der Waals surface area contributed by atoms with Gasteiger partial charge in [-0.2, -0.15) is 0 Å². The Labute approximate surface area is 203 Å². The number of carbonyl (C=O) groups excluding carboxylic acids is 1. The summed E-state index contributed by atoms with van der Waals surface area (Å²) >= 11 is 0. The van der Waals surface area contributed by atoms with Gasteiger partial charge in [-0.15, -0.1) is 0 Å². The summed E-state index contributed by atoms with van der Waals surface area (Å²) < 4.78 is 43.8. The van der Waals surface area contributed by atoms with Crippen LogP contribution in [0.4, 0.5) is 10.1 Å². The van der Waals surface area contributed by atoms with E-state index >= 15 is 0 Å². The minimum Gasteiger partial charge on any atom is -0.380 e. The highest BCUT2D eigenvalue weighted by molar-refractivity contribution is 7.89. The minimum absolute atomic E-state index is 0.0783. The number of aromatic nitrogens is 2. The molecule has 0 radical (unpaired) electrons. The molecule has 2 heterocycles.